The van der Waals surface area contributed by atoms with Crippen LogP contribution in [0.3, 0.4) is 0 Å². The third-order valence-electron chi connectivity index (χ3n) is 2.81. The van der Waals surface area contributed by atoms with Gasteiger partial charge in [-0.1, -0.05) is 26.8 Å². The predicted octanol–water partition coefficient (Wildman–Crippen LogP) is 3.18. The summed E-state index contributed by atoms with van der Waals surface area (Å²) in [6.45, 7) is 16.0. The highest BCUT2D eigenvalue weighted by molar-refractivity contribution is 5.89. The molecule has 16 heavy (non-hydrogen) atoms. The van der Waals surface area contributed by atoms with Crippen molar-refractivity contribution in [2.24, 2.45) is 11.8 Å². The van der Waals surface area contributed by atoms with Crippen molar-refractivity contribution in [3.05, 3.63) is 12.7 Å². The van der Waals surface area contributed by atoms with Crippen LogP contribution >= 0.6 is 0 Å². The smallest absolute Gasteiger partial charge is 0.155 e. The van der Waals surface area contributed by atoms with Gasteiger partial charge in [-0.15, -0.1) is 6.58 Å². The summed E-state index contributed by atoms with van der Waals surface area (Å²) in [7, 11) is 0. The average Bonchev–Trinajstić information content (AvgIpc) is 2.14. The van der Waals surface area contributed by atoms with Gasteiger partial charge in [-0.2, -0.15) is 0 Å². The lowest BCUT2D eigenvalue weighted by molar-refractivity contribution is -0.128. The molecule has 0 aromatic carbocycles. The summed E-state index contributed by atoms with van der Waals surface area (Å²) in [6, 6.07) is 0.310. The maximum Gasteiger partial charge on any atom is 0.155 e. The molecule has 0 aromatic heterocycles. The highest BCUT2D eigenvalue weighted by Crippen LogP contribution is 2.22. The Morgan fingerprint density at radius 3 is 2.12 bits per heavy atom. The van der Waals surface area contributed by atoms with Crippen molar-refractivity contribution in [2.75, 3.05) is 0 Å². The molecule has 0 fully saturated rings. The van der Waals surface area contributed by atoms with E-state index in [-0.39, 0.29) is 11.7 Å². The third kappa shape index (κ3) is 4.48. The van der Waals surface area contributed by atoms with E-state index in [9.17, 15) is 4.79 Å². The molecular formula is C14H27NO. The molecule has 0 saturated carbocycles. The Hall–Kier alpha value is -0.630. The number of hydrogen-bond donors (Lipinski definition) is 1. The topological polar surface area (TPSA) is 29.1 Å². The second kappa shape index (κ2) is 6.19. The van der Waals surface area contributed by atoms with Crippen LogP contribution in [0.2, 0.25) is 0 Å². The molecule has 1 N–H and O–H groups in total. The van der Waals surface area contributed by atoms with Crippen LogP contribution in [0.4, 0.5) is 0 Å². The molecular weight excluding hydrogens is 198 g/mol. The molecule has 0 aliphatic carbocycles. The van der Waals surface area contributed by atoms with Crippen LogP contribution in [0.25, 0.3) is 0 Å². The summed E-state index contributed by atoms with van der Waals surface area (Å²) >= 11 is 0. The van der Waals surface area contributed by atoms with Gasteiger partial charge in [0.1, 0.15) is 0 Å². The molecule has 0 rings (SSSR count). The van der Waals surface area contributed by atoms with Crippen molar-refractivity contribution in [1.82, 2.24) is 5.32 Å². The van der Waals surface area contributed by atoms with E-state index in [4.69, 9.17) is 0 Å². The molecule has 0 aromatic rings. The standard InChI is InChI=1S/C14H27NO/c1-8-12(6)9-14(7,15-11(4)5)13(16)10(2)3/h8,10-12,15H,1,9H2,2-7H3. The van der Waals surface area contributed by atoms with Crippen molar-refractivity contribution in [1.29, 1.82) is 0 Å². The van der Waals surface area contributed by atoms with Crippen LogP contribution in [0.15, 0.2) is 12.7 Å². The van der Waals surface area contributed by atoms with Crippen molar-refractivity contribution in [3.8, 4) is 0 Å². The van der Waals surface area contributed by atoms with Gasteiger partial charge in [-0.05, 0) is 33.1 Å². The predicted molar refractivity (Wildman–Crippen MR) is 70.5 cm³/mol. The van der Waals surface area contributed by atoms with Crippen molar-refractivity contribution >= 4 is 5.78 Å². The van der Waals surface area contributed by atoms with E-state index < -0.39 is 5.54 Å². The summed E-state index contributed by atoms with van der Waals surface area (Å²) in [5.74, 6) is 0.696. The van der Waals surface area contributed by atoms with E-state index in [1.54, 1.807) is 0 Å². The molecule has 2 heteroatoms. The Morgan fingerprint density at radius 2 is 1.81 bits per heavy atom. The first-order chi connectivity index (χ1) is 7.23. The van der Waals surface area contributed by atoms with E-state index in [2.05, 4.69) is 32.7 Å². The van der Waals surface area contributed by atoms with Crippen molar-refractivity contribution in [2.45, 2.75) is 59.5 Å². The summed E-state index contributed by atoms with van der Waals surface area (Å²) in [4.78, 5) is 12.3. The first kappa shape index (κ1) is 15.4. The molecule has 2 atom stereocenters. The number of carbonyl (C=O) groups is 1. The summed E-state index contributed by atoms with van der Waals surface area (Å²) in [5, 5.41) is 3.41. The number of Topliss-reactive ketones (excluding diaryl/α,β-unsaturated/α-hetero) is 1. The first-order valence-corrected chi connectivity index (χ1v) is 6.17. The number of allylic oxidation sites excluding steroid dienone is 1. The molecule has 0 aliphatic heterocycles. The SMILES string of the molecule is C=CC(C)CC(C)(NC(C)C)C(=O)C(C)C. The minimum Gasteiger partial charge on any atom is -0.303 e. The lowest BCUT2D eigenvalue weighted by atomic mass is 9.81. The van der Waals surface area contributed by atoms with E-state index in [1.165, 1.54) is 0 Å². The van der Waals surface area contributed by atoms with Gasteiger partial charge >= 0.3 is 0 Å². The van der Waals surface area contributed by atoms with Crippen LogP contribution < -0.4 is 5.32 Å². The van der Waals surface area contributed by atoms with Gasteiger partial charge in [0.05, 0.1) is 5.54 Å². The van der Waals surface area contributed by atoms with E-state index in [0.717, 1.165) is 6.42 Å². The number of ketones is 1. The number of nitrogens with one attached hydrogen (secondary N) is 1. The third-order valence-corrected chi connectivity index (χ3v) is 2.81. The van der Waals surface area contributed by atoms with Gasteiger partial charge < -0.3 is 5.32 Å². The summed E-state index contributed by atoms with van der Waals surface area (Å²) < 4.78 is 0. The number of carbonyl (C=O) groups excluding carboxylic acids is 1. The quantitative estimate of drug-likeness (QED) is 0.674. The minimum absolute atomic E-state index is 0.0632. The van der Waals surface area contributed by atoms with Crippen LogP contribution in [0, 0.1) is 11.8 Å². The molecule has 0 spiro atoms. The Labute approximate surface area is 101 Å². The van der Waals surface area contributed by atoms with Crippen molar-refractivity contribution < 1.29 is 4.79 Å². The summed E-state index contributed by atoms with van der Waals surface area (Å²) in [6.07, 6.45) is 2.72. The maximum absolute atomic E-state index is 12.3. The molecule has 0 saturated heterocycles. The fourth-order valence-corrected chi connectivity index (χ4v) is 2.23. The number of hydrogen-bond acceptors (Lipinski definition) is 2. The van der Waals surface area contributed by atoms with E-state index >= 15 is 0 Å². The zero-order valence-corrected chi connectivity index (χ0v) is 11.6. The van der Waals surface area contributed by atoms with Gasteiger partial charge in [-0.25, -0.2) is 0 Å². The van der Waals surface area contributed by atoms with Gasteiger partial charge in [-0.3, -0.25) is 4.79 Å². The monoisotopic (exact) mass is 225 g/mol. The van der Waals surface area contributed by atoms with Crippen LogP contribution in [0.5, 0.6) is 0 Å². The number of rotatable bonds is 7. The molecule has 0 heterocycles. The largest absolute Gasteiger partial charge is 0.303 e. The molecule has 0 radical (unpaired) electrons. The van der Waals surface area contributed by atoms with Gasteiger partial charge in [0.15, 0.2) is 5.78 Å². The highest BCUT2D eigenvalue weighted by Gasteiger charge is 2.35. The Bertz CT molecular complexity index is 245. The Kier molecular flexibility index (Phi) is 5.95. The second-order valence-electron chi connectivity index (χ2n) is 5.57. The molecule has 0 bridgehead atoms. The summed E-state index contributed by atoms with van der Waals surface area (Å²) in [5.41, 5.74) is -0.435. The van der Waals surface area contributed by atoms with E-state index in [0.29, 0.717) is 12.0 Å². The minimum atomic E-state index is -0.435. The molecule has 0 aliphatic rings. The fourth-order valence-electron chi connectivity index (χ4n) is 2.23. The van der Waals surface area contributed by atoms with Crippen LogP contribution in [-0.4, -0.2) is 17.4 Å². The molecule has 2 nitrogen and oxygen atoms in total. The van der Waals surface area contributed by atoms with Crippen LogP contribution in [-0.2, 0) is 4.79 Å². The van der Waals surface area contributed by atoms with Crippen LogP contribution in [0.1, 0.15) is 48.0 Å². The van der Waals surface area contributed by atoms with Crippen molar-refractivity contribution in [3.63, 3.8) is 0 Å². The lowest BCUT2D eigenvalue weighted by Crippen LogP contribution is -2.54. The maximum atomic E-state index is 12.3. The highest BCUT2D eigenvalue weighted by atomic mass is 16.1. The normalized spacial score (nSPS) is 17.2. The second-order valence-corrected chi connectivity index (χ2v) is 5.57. The van der Waals surface area contributed by atoms with Gasteiger partial charge in [0, 0.05) is 12.0 Å². The van der Waals surface area contributed by atoms with Gasteiger partial charge in [0.25, 0.3) is 0 Å². The Balaban J connectivity index is 4.87. The Morgan fingerprint density at radius 1 is 1.31 bits per heavy atom. The van der Waals surface area contributed by atoms with E-state index in [1.807, 2.05) is 26.8 Å². The molecule has 94 valence electrons. The first-order valence-electron chi connectivity index (χ1n) is 6.17. The zero-order chi connectivity index (χ0) is 12.9. The fraction of sp³-hybridized carbons (Fsp3) is 0.786. The lowest BCUT2D eigenvalue weighted by Gasteiger charge is -2.34. The molecule has 0 amide bonds. The zero-order valence-electron chi connectivity index (χ0n) is 11.6. The average molecular weight is 225 g/mol. The van der Waals surface area contributed by atoms with Gasteiger partial charge in [0.2, 0.25) is 0 Å². The molecule has 2 unspecified atom stereocenters.